The molecule has 2 N–H and O–H groups in total. The molecule has 0 aliphatic rings. The van der Waals surface area contributed by atoms with Crippen LogP contribution in [0.4, 0.5) is 10.5 Å². The van der Waals surface area contributed by atoms with Gasteiger partial charge >= 0.3 is 6.03 Å². The highest BCUT2D eigenvalue weighted by molar-refractivity contribution is 6.42. The molecule has 2 aromatic rings. The molecule has 0 saturated carbocycles. The molecule has 29 heavy (non-hydrogen) atoms. The first-order chi connectivity index (χ1) is 13.5. The molecule has 0 spiro atoms. The lowest BCUT2D eigenvalue weighted by atomic mass is 10.1. The number of hydrogen-bond acceptors (Lipinski definition) is 2. The van der Waals surface area contributed by atoms with E-state index < -0.39 is 0 Å². The zero-order valence-electron chi connectivity index (χ0n) is 17.3. The van der Waals surface area contributed by atoms with Crippen LogP contribution in [0.2, 0.25) is 10.0 Å². The molecule has 0 unspecified atom stereocenters. The van der Waals surface area contributed by atoms with Crippen LogP contribution < -0.4 is 10.6 Å². The molecule has 0 radical (unpaired) electrons. The number of halogens is 2. The van der Waals surface area contributed by atoms with Crippen LogP contribution in [0.25, 0.3) is 0 Å². The lowest BCUT2D eigenvalue weighted by molar-refractivity contribution is 0.0919. The summed E-state index contributed by atoms with van der Waals surface area (Å²) < 4.78 is 0. The van der Waals surface area contributed by atoms with Gasteiger partial charge in [-0.3, -0.25) is 4.79 Å². The summed E-state index contributed by atoms with van der Waals surface area (Å²) in [6.45, 7) is 10.1. The number of carbonyl (C=O) groups excluding carboxylic acids is 2. The Morgan fingerprint density at radius 3 is 2.14 bits per heavy atom. The first kappa shape index (κ1) is 23.0. The first-order valence-electron chi connectivity index (χ1n) is 9.40. The Morgan fingerprint density at radius 2 is 1.62 bits per heavy atom. The smallest absolute Gasteiger partial charge is 0.322 e. The summed E-state index contributed by atoms with van der Waals surface area (Å²) in [5.41, 5.74) is 1.72. The molecule has 7 heteroatoms. The number of benzene rings is 2. The van der Waals surface area contributed by atoms with Gasteiger partial charge in [-0.2, -0.15) is 0 Å². The van der Waals surface area contributed by atoms with Crippen LogP contribution in [0.1, 0.15) is 50.5 Å². The number of anilines is 1. The second kappa shape index (κ2) is 9.51. The van der Waals surface area contributed by atoms with E-state index in [0.717, 1.165) is 5.56 Å². The maximum absolute atomic E-state index is 12.8. The molecule has 0 aliphatic heterocycles. The first-order valence-corrected chi connectivity index (χ1v) is 10.2. The minimum Gasteiger partial charge on any atom is -0.347 e. The maximum Gasteiger partial charge on any atom is 0.322 e. The molecule has 0 saturated heterocycles. The highest BCUT2D eigenvalue weighted by Gasteiger charge is 2.19. The van der Waals surface area contributed by atoms with Gasteiger partial charge in [0, 0.05) is 29.4 Å². The van der Waals surface area contributed by atoms with Crippen LogP contribution >= 0.6 is 23.2 Å². The van der Waals surface area contributed by atoms with E-state index in [1.807, 2.05) is 40.7 Å². The maximum atomic E-state index is 12.8. The predicted molar refractivity (Wildman–Crippen MR) is 120 cm³/mol. The van der Waals surface area contributed by atoms with E-state index in [4.69, 9.17) is 23.2 Å². The number of urea groups is 1. The average Bonchev–Trinajstić information content (AvgIpc) is 2.61. The van der Waals surface area contributed by atoms with Crippen molar-refractivity contribution in [3.8, 4) is 0 Å². The SMILES string of the molecule is CC(C)N(Cc1ccc(Cl)c(Cl)c1)C(=O)Nc1ccc(C(=O)NC(C)(C)C)cc1. The van der Waals surface area contributed by atoms with Crippen molar-refractivity contribution in [3.63, 3.8) is 0 Å². The predicted octanol–water partition coefficient (Wildman–Crippen LogP) is 5.96. The largest absolute Gasteiger partial charge is 0.347 e. The molecule has 3 amide bonds. The minimum absolute atomic E-state index is 0.0266. The van der Waals surface area contributed by atoms with Gasteiger partial charge in [0.05, 0.1) is 10.0 Å². The van der Waals surface area contributed by atoms with Gasteiger partial charge in [0.25, 0.3) is 5.91 Å². The molecule has 2 aromatic carbocycles. The number of amides is 3. The summed E-state index contributed by atoms with van der Waals surface area (Å²) in [6.07, 6.45) is 0. The lowest BCUT2D eigenvalue weighted by Gasteiger charge is -2.27. The molecule has 0 fully saturated rings. The van der Waals surface area contributed by atoms with E-state index in [2.05, 4.69) is 10.6 Å². The van der Waals surface area contributed by atoms with Crippen molar-refractivity contribution in [2.24, 2.45) is 0 Å². The van der Waals surface area contributed by atoms with Gasteiger partial charge in [0.15, 0.2) is 0 Å². The van der Waals surface area contributed by atoms with Crippen LogP contribution in [0, 0.1) is 0 Å². The molecular weight excluding hydrogens is 409 g/mol. The zero-order chi connectivity index (χ0) is 21.8. The van der Waals surface area contributed by atoms with Gasteiger partial charge in [-0.25, -0.2) is 4.79 Å². The van der Waals surface area contributed by atoms with Crippen molar-refractivity contribution >= 4 is 40.8 Å². The molecule has 0 atom stereocenters. The third-order valence-electron chi connectivity index (χ3n) is 4.11. The number of nitrogens with zero attached hydrogens (tertiary/aromatic N) is 1. The van der Waals surface area contributed by atoms with Crippen LogP contribution in [-0.4, -0.2) is 28.4 Å². The number of hydrogen-bond donors (Lipinski definition) is 2. The quantitative estimate of drug-likeness (QED) is 0.607. The van der Waals surface area contributed by atoms with Gasteiger partial charge in [0.1, 0.15) is 0 Å². The fraction of sp³-hybridized carbons (Fsp3) is 0.364. The fourth-order valence-electron chi connectivity index (χ4n) is 2.64. The van der Waals surface area contributed by atoms with Gasteiger partial charge in [-0.05, 0) is 76.6 Å². The van der Waals surface area contributed by atoms with Gasteiger partial charge in [0.2, 0.25) is 0 Å². The molecule has 0 aliphatic carbocycles. The molecule has 156 valence electrons. The van der Waals surface area contributed by atoms with E-state index in [-0.39, 0.29) is 23.5 Å². The Morgan fingerprint density at radius 1 is 1.00 bits per heavy atom. The molecule has 0 aromatic heterocycles. The lowest BCUT2D eigenvalue weighted by Crippen LogP contribution is -2.40. The fourth-order valence-corrected chi connectivity index (χ4v) is 2.96. The summed E-state index contributed by atoms with van der Waals surface area (Å²) in [4.78, 5) is 26.7. The normalized spacial score (nSPS) is 11.3. The van der Waals surface area contributed by atoms with E-state index in [1.54, 1.807) is 41.3 Å². The average molecular weight is 436 g/mol. The van der Waals surface area contributed by atoms with Gasteiger partial charge < -0.3 is 15.5 Å². The molecule has 2 rings (SSSR count). The summed E-state index contributed by atoms with van der Waals surface area (Å²) in [5.74, 6) is -0.154. The third-order valence-corrected chi connectivity index (χ3v) is 4.85. The summed E-state index contributed by atoms with van der Waals surface area (Å²) in [7, 11) is 0. The van der Waals surface area contributed by atoms with Crippen molar-refractivity contribution in [2.75, 3.05) is 5.32 Å². The van der Waals surface area contributed by atoms with Gasteiger partial charge in [-0.15, -0.1) is 0 Å². The van der Waals surface area contributed by atoms with E-state index >= 15 is 0 Å². The molecular formula is C22H27Cl2N3O2. The van der Waals surface area contributed by atoms with E-state index in [1.165, 1.54) is 0 Å². The Hall–Kier alpha value is -2.24. The Bertz CT molecular complexity index is 875. The summed E-state index contributed by atoms with van der Waals surface area (Å²) >= 11 is 12.0. The van der Waals surface area contributed by atoms with E-state index in [9.17, 15) is 9.59 Å². The topological polar surface area (TPSA) is 61.4 Å². The van der Waals surface area contributed by atoms with Gasteiger partial charge in [-0.1, -0.05) is 29.3 Å². The summed E-state index contributed by atoms with van der Waals surface area (Å²) in [6, 6.07) is 11.9. The Balaban J connectivity index is 2.07. The Labute approximate surface area is 182 Å². The number of nitrogens with one attached hydrogen (secondary N) is 2. The monoisotopic (exact) mass is 435 g/mol. The van der Waals surface area contributed by atoms with Crippen molar-refractivity contribution in [1.82, 2.24) is 10.2 Å². The summed E-state index contributed by atoms with van der Waals surface area (Å²) in [5, 5.41) is 6.72. The van der Waals surface area contributed by atoms with Crippen molar-refractivity contribution < 1.29 is 9.59 Å². The highest BCUT2D eigenvalue weighted by Crippen LogP contribution is 2.24. The molecule has 0 bridgehead atoms. The molecule has 5 nitrogen and oxygen atoms in total. The van der Waals surface area contributed by atoms with Crippen molar-refractivity contribution in [1.29, 1.82) is 0 Å². The standard InChI is InChI=1S/C22H27Cl2N3O2/c1-14(2)27(13-15-6-11-18(23)19(24)12-15)21(29)25-17-9-7-16(8-10-17)20(28)26-22(3,4)5/h6-12,14H,13H2,1-5H3,(H,25,29)(H,26,28). The highest BCUT2D eigenvalue weighted by atomic mass is 35.5. The van der Waals surface area contributed by atoms with Crippen LogP contribution in [-0.2, 0) is 6.54 Å². The van der Waals surface area contributed by atoms with Crippen LogP contribution in [0.3, 0.4) is 0 Å². The van der Waals surface area contributed by atoms with E-state index in [0.29, 0.717) is 27.8 Å². The minimum atomic E-state index is -0.313. The van der Waals surface area contributed by atoms with Crippen molar-refractivity contribution in [3.05, 3.63) is 63.6 Å². The molecule has 0 heterocycles. The second-order valence-electron chi connectivity index (χ2n) is 8.18. The van der Waals surface area contributed by atoms with Crippen LogP contribution in [0.5, 0.6) is 0 Å². The zero-order valence-corrected chi connectivity index (χ0v) is 18.9. The Kier molecular flexibility index (Phi) is 7.55. The number of carbonyl (C=O) groups is 2. The third kappa shape index (κ3) is 6.94. The second-order valence-corrected chi connectivity index (χ2v) is 9.00. The number of rotatable bonds is 5. The van der Waals surface area contributed by atoms with Crippen molar-refractivity contribution in [2.45, 2.75) is 52.7 Å². The van der Waals surface area contributed by atoms with Crippen LogP contribution in [0.15, 0.2) is 42.5 Å².